The maximum Gasteiger partial charge on any atom is 0.244 e. The molecule has 1 aromatic heterocycles. The lowest BCUT2D eigenvalue weighted by Gasteiger charge is -2.03. The summed E-state index contributed by atoms with van der Waals surface area (Å²) in [6, 6.07) is 0. The minimum Gasteiger partial charge on any atom is -0.346 e. The fourth-order valence-corrected chi connectivity index (χ4v) is 0.938. The maximum absolute atomic E-state index is 5.42. The topological polar surface area (TPSA) is 60.0 Å². The van der Waals surface area contributed by atoms with E-state index in [1.165, 1.54) is 0 Å². The first-order valence-corrected chi connectivity index (χ1v) is 3.92. The van der Waals surface area contributed by atoms with E-state index in [1.54, 1.807) is 4.68 Å². The van der Waals surface area contributed by atoms with E-state index in [-0.39, 0.29) is 0 Å². The number of hydrogen-bond acceptors (Lipinski definition) is 4. The first-order chi connectivity index (χ1) is 5.65. The van der Waals surface area contributed by atoms with Crippen LogP contribution in [0.1, 0.15) is 5.82 Å². The summed E-state index contributed by atoms with van der Waals surface area (Å²) < 4.78 is 1.77. The van der Waals surface area contributed by atoms with Crippen molar-refractivity contribution in [1.29, 1.82) is 0 Å². The molecule has 0 spiro atoms. The lowest BCUT2D eigenvalue weighted by molar-refractivity contribution is 0.695. The second-order valence-electron chi connectivity index (χ2n) is 2.88. The molecular weight excluding hydrogens is 154 g/mol. The third kappa shape index (κ3) is 1.73. The molecule has 0 fully saturated rings. The molecule has 5 nitrogen and oxygen atoms in total. The molecule has 0 aliphatic carbocycles. The Hall–Kier alpha value is -1.10. The predicted octanol–water partition coefficient (Wildman–Crippen LogP) is -0.618. The van der Waals surface area contributed by atoms with Crippen LogP contribution in [-0.4, -0.2) is 35.4 Å². The molecule has 0 saturated carbocycles. The number of aromatic nitrogens is 3. The summed E-state index contributed by atoms with van der Waals surface area (Å²) in [6.07, 6.45) is 0.775. The van der Waals surface area contributed by atoms with Gasteiger partial charge in [-0.1, -0.05) is 0 Å². The number of nitrogens with two attached hydrogens (primary N) is 1. The quantitative estimate of drug-likeness (QED) is 0.655. The van der Waals surface area contributed by atoms with Crippen molar-refractivity contribution in [2.75, 3.05) is 25.5 Å². The Morgan fingerprint density at radius 1 is 1.50 bits per heavy atom. The van der Waals surface area contributed by atoms with Crippen molar-refractivity contribution in [3.63, 3.8) is 0 Å². The van der Waals surface area contributed by atoms with E-state index in [1.807, 2.05) is 26.0 Å². The van der Waals surface area contributed by atoms with Crippen molar-refractivity contribution in [2.24, 2.45) is 12.8 Å². The molecule has 1 aromatic rings. The van der Waals surface area contributed by atoms with E-state index in [0.717, 1.165) is 18.2 Å². The summed E-state index contributed by atoms with van der Waals surface area (Å²) in [4.78, 5) is 6.17. The highest BCUT2D eigenvalue weighted by Gasteiger charge is 2.06. The van der Waals surface area contributed by atoms with Gasteiger partial charge in [0.2, 0.25) is 5.95 Å². The van der Waals surface area contributed by atoms with Crippen molar-refractivity contribution in [2.45, 2.75) is 6.42 Å². The third-order valence-electron chi connectivity index (χ3n) is 1.61. The zero-order valence-corrected chi connectivity index (χ0v) is 7.78. The molecule has 0 atom stereocenters. The molecule has 2 N–H and O–H groups in total. The highest BCUT2D eigenvalue weighted by molar-refractivity contribution is 5.25. The molecule has 5 heteroatoms. The van der Waals surface area contributed by atoms with Crippen LogP contribution in [0.25, 0.3) is 0 Å². The molecule has 68 valence electrons. The van der Waals surface area contributed by atoms with Crippen LogP contribution in [-0.2, 0) is 13.5 Å². The molecule has 0 bridgehead atoms. The van der Waals surface area contributed by atoms with Crippen LogP contribution in [0.15, 0.2) is 0 Å². The van der Waals surface area contributed by atoms with Gasteiger partial charge in [0, 0.05) is 27.6 Å². The summed E-state index contributed by atoms with van der Waals surface area (Å²) >= 11 is 0. The van der Waals surface area contributed by atoms with Crippen molar-refractivity contribution in [1.82, 2.24) is 14.8 Å². The lowest BCUT2D eigenvalue weighted by Crippen LogP contribution is -2.10. The van der Waals surface area contributed by atoms with E-state index < -0.39 is 0 Å². The highest BCUT2D eigenvalue weighted by Crippen LogP contribution is 2.04. The zero-order chi connectivity index (χ0) is 9.14. The van der Waals surface area contributed by atoms with E-state index >= 15 is 0 Å². The standard InChI is InChI=1S/C7H15N5/c1-11(2)7-9-6(4-5-8)12(3)10-7/h4-5,8H2,1-3H3. The van der Waals surface area contributed by atoms with Gasteiger partial charge in [-0.25, -0.2) is 0 Å². The van der Waals surface area contributed by atoms with Crippen LogP contribution in [0, 0.1) is 0 Å². The number of rotatable bonds is 3. The zero-order valence-electron chi connectivity index (χ0n) is 7.78. The average molecular weight is 169 g/mol. The molecule has 0 saturated heterocycles. The first kappa shape index (κ1) is 8.99. The van der Waals surface area contributed by atoms with Gasteiger partial charge in [0.15, 0.2) is 0 Å². The van der Waals surface area contributed by atoms with E-state index in [9.17, 15) is 0 Å². The molecule has 12 heavy (non-hydrogen) atoms. The number of anilines is 1. The number of hydrogen-bond donors (Lipinski definition) is 1. The van der Waals surface area contributed by atoms with E-state index in [0.29, 0.717) is 6.54 Å². The molecule has 0 radical (unpaired) electrons. The van der Waals surface area contributed by atoms with Gasteiger partial charge in [-0.2, -0.15) is 4.98 Å². The van der Waals surface area contributed by atoms with Crippen molar-refractivity contribution in [3.05, 3.63) is 5.82 Å². The number of aryl methyl sites for hydroxylation is 1. The van der Waals surface area contributed by atoms with Crippen molar-refractivity contribution >= 4 is 5.95 Å². The maximum atomic E-state index is 5.42. The Morgan fingerprint density at radius 2 is 2.17 bits per heavy atom. The molecule has 0 unspecified atom stereocenters. The van der Waals surface area contributed by atoms with Crippen LogP contribution in [0.3, 0.4) is 0 Å². The first-order valence-electron chi connectivity index (χ1n) is 3.92. The predicted molar refractivity (Wildman–Crippen MR) is 48.1 cm³/mol. The average Bonchev–Trinajstić information content (AvgIpc) is 2.34. The SMILES string of the molecule is CN(C)c1nc(CCN)n(C)n1. The molecular formula is C7H15N5. The van der Waals surface area contributed by atoms with Gasteiger partial charge in [0.1, 0.15) is 5.82 Å². The van der Waals surface area contributed by atoms with Crippen LogP contribution < -0.4 is 10.6 Å². The second kappa shape index (κ2) is 3.53. The Bertz CT molecular complexity index is 252. The Kier molecular flexibility index (Phi) is 2.65. The van der Waals surface area contributed by atoms with Crippen LogP contribution in [0.2, 0.25) is 0 Å². The minimum atomic E-state index is 0.611. The smallest absolute Gasteiger partial charge is 0.244 e. The van der Waals surface area contributed by atoms with Gasteiger partial charge >= 0.3 is 0 Å². The Balaban J connectivity index is 2.85. The summed E-state index contributed by atoms with van der Waals surface area (Å²) in [5, 5.41) is 4.20. The van der Waals surface area contributed by atoms with Gasteiger partial charge in [0.25, 0.3) is 0 Å². The monoisotopic (exact) mass is 169 g/mol. The fraction of sp³-hybridized carbons (Fsp3) is 0.714. The van der Waals surface area contributed by atoms with Crippen LogP contribution in [0.4, 0.5) is 5.95 Å². The van der Waals surface area contributed by atoms with Crippen LogP contribution in [0.5, 0.6) is 0 Å². The Morgan fingerprint density at radius 3 is 2.58 bits per heavy atom. The molecule has 0 aromatic carbocycles. The highest BCUT2D eigenvalue weighted by atomic mass is 15.4. The summed E-state index contributed by atoms with van der Waals surface area (Å²) in [7, 11) is 5.72. The van der Waals surface area contributed by atoms with E-state index in [2.05, 4.69) is 10.1 Å². The van der Waals surface area contributed by atoms with Gasteiger partial charge in [-0.3, -0.25) is 4.68 Å². The molecule has 1 heterocycles. The van der Waals surface area contributed by atoms with Gasteiger partial charge in [-0.05, 0) is 6.54 Å². The van der Waals surface area contributed by atoms with Crippen LogP contribution >= 0.6 is 0 Å². The number of nitrogens with zero attached hydrogens (tertiary/aromatic N) is 4. The molecule has 1 rings (SSSR count). The Labute approximate surface area is 72.2 Å². The minimum absolute atomic E-state index is 0.611. The largest absolute Gasteiger partial charge is 0.346 e. The molecule has 0 amide bonds. The van der Waals surface area contributed by atoms with Gasteiger partial charge in [-0.15, -0.1) is 5.10 Å². The normalized spacial score (nSPS) is 10.3. The summed E-state index contributed by atoms with van der Waals surface area (Å²) in [5.74, 6) is 1.67. The molecule has 0 aliphatic heterocycles. The van der Waals surface area contributed by atoms with Gasteiger partial charge in [0.05, 0.1) is 0 Å². The second-order valence-corrected chi connectivity index (χ2v) is 2.88. The lowest BCUT2D eigenvalue weighted by atomic mass is 10.4. The summed E-state index contributed by atoms with van der Waals surface area (Å²) in [6.45, 7) is 0.611. The summed E-state index contributed by atoms with van der Waals surface area (Å²) in [5.41, 5.74) is 5.42. The van der Waals surface area contributed by atoms with Crippen molar-refractivity contribution < 1.29 is 0 Å². The fourth-order valence-electron chi connectivity index (χ4n) is 0.938. The third-order valence-corrected chi connectivity index (χ3v) is 1.61. The van der Waals surface area contributed by atoms with Crippen molar-refractivity contribution in [3.8, 4) is 0 Å². The van der Waals surface area contributed by atoms with E-state index in [4.69, 9.17) is 5.73 Å². The van der Waals surface area contributed by atoms with Gasteiger partial charge < -0.3 is 10.6 Å². The molecule has 0 aliphatic rings.